The average Bonchev–Trinajstić information content (AvgIpc) is 2.82. The maximum absolute atomic E-state index is 12.4. The van der Waals surface area contributed by atoms with E-state index in [4.69, 9.17) is 0 Å². The normalized spacial score (nSPS) is 25.3. The molecule has 1 aliphatic heterocycles. The molecule has 1 N–H and O–H groups in total. The van der Waals surface area contributed by atoms with Crippen LogP contribution in [0.15, 0.2) is 41.0 Å². The third-order valence-electron chi connectivity index (χ3n) is 3.17. The highest BCUT2D eigenvalue weighted by atomic mass is 32.2. The smallest absolute Gasteiger partial charge is 0.191 e. The third-order valence-corrected chi connectivity index (χ3v) is 6.89. The number of sulfone groups is 1. The topological polar surface area (TPSA) is 46.2 Å². The lowest BCUT2D eigenvalue weighted by Crippen LogP contribution is -2.34. The molecule has 0 fully saturated rings. The Kier molecular flexibility index (Phi) is 4.04. The summed E-state index contributed by atoms with van der Waals surface area (Å²) in [6, 6.07) is 2.00. The number of allylic oxidation sites excluding steroid dienone is 1. The highest BCUT2D eigenvalue weighted by Crippen LogP contribution is 2.40. The maximum Gasteiger partial charge on any atom is 0.191 e. The van der Waals surface area contributed by atoms with E-state index in [1.807, 2.05) is 11.4 Å². The molecule has 2 heterocycles. The van der Waals surface area contributed by atoms with Crippen LogP contribution in [0.3, 0.4) is 0 Å². The molecule has 1 aromatic rings. The van der Waals surface area contributed by atoms with Crippen LogP contribution in [0.1, 0.15) is 24.4 Å². The Balaban J connectivity index is 2.38. The van der Waals surface area contributed by atoms with Crippen LogP contribution < -0.4 is 5.32 Å². The molecule has 0 aliphatic carbocycles. The number of hydrogen-bond donors (Lipinski definition) is 1. The standard InChI is InChI=1S/C13H17NO2S2/c1-3-5-10-9-12(14-7-4-2)11-6-8-17-13(11)18(10,15)16/h3-4,6,8,10,12,14H,1-2,5,7,9H2/t10-,12-/m1/s1. The molecular weight excluding hydrogens is 266 g/mol. The van der Waals surface area contributed by atoms with Gasteiger partial charge >= 0.3 is 0 Å². The molecule has 0 aromatic carbocycles. The molecule has 0 amide bonds. The maximum atomic E-state index is 12.4. The van der Waals surface area contributed by atoms with Crippen molar-refractivity contribution in [2.24, 2.45) is 0 Å². The lowest BCUT2D eigenvalue weighted by Gasteiger charge is -2.29. The molecular formula is C13H17NO2S2. The van der Waals surface area contributed by atoms with Gasteiger partial charge in [0, 0.05) is 12.6 Å². The second-order valence-electron chi connectivity index (χ2n) is 4.34. The Hall–Kier alpha value is -0.910. The van der Waals surface area contributed by atoms with Crippen molar-refractivity contribution in [1.82, 2.24) is 5.32 Å². The fourth-order valence-electron chi connectivity index (χ4n) is 2.29. The van der Waals surface area contributed by atoms with Crippen molar-refractivity contribution in [3.63, 3.8) is 0 Å². The van der Waals surface area contributed by atoms with Gasteiger partial charge in [-0.1, -0.05) is 12.2 Å². The van der Waals surface area contributed by atoms with Crippen LogP contribution in [0.2, 0.25) is 0 Å². The van der Waals surface area contributed by atoms with Crippen molar-refractivity contribution in [2.45, 2.75) is 28.3 Å². The molecule has 98 valence electrons. The molecule has 3 nitrogen and oxygen atoms in total. The summed E-state index contributed by atoms with van der Waals surface area (Å²) < 4.78 is 25.3. The first-order valence-electron chi connectivity index (χ1n) is 5.87. The van der Waals surface area contributed by atoms with Gasteiger partial charge in [-0.2, -0.15) is 0 Å². The van der Waals surface area contributed by atoms with Gasteiger partial charge in [0.05, 0.1) is 5.25 Å². The fraction of sp³-hybridized carbons (Fsp3) is 0.385. The Morgan fingerprint density at radius 1 is 1.44 bits per heavy atom. The molecule has 0 saturated heterocycles. The first-order valence-corrected chi connectivity index (χ1v) is 8.30. The minimum Gasteiger partial charge on any atom is -0.306 e. The summed E-state index contributed by atoms with van der Waals surface area (Å²) in [6.45, 7) is 8.01. The van der Waals surface area contributed by atoms with Crippen molar-refractivity contribution < 1.29 is 8.42 Å². The first-order chi connectivity index (χ1) is 8.61. The summed E-state index contributed by atoms with van der Waals surface area (Å²) in [5, 5.41) is 4.82. The fourth-order valence-corrected chi connectivity index (χ4v) is 5.76. The lowest BCUT2D eigenvalue weighted by atomic mass is 10.0. The van der Waals surface area contributed by atoms with Gasteiger partial charge in [-0.25, -0.2) is 8.42 Å². The molecule has 2 atom stereocenters. The zero-order chi connectivity index (χ0) is 13.2. The summed E-state index contributed by atoms with van der Waals surface area (Å²) in [5.74, 6) is 0. The zero-order valence-electron chi connectivity index (χ0n) is 10.1. The molecule has 0 unspecified atom stereocenters. The number of rotatable bonds is 5. The van der Waals surface area contributed by atoms with Gasteiger partial charge in [-0.05, 0) is 29.9 Å². The summed E-state index contributed by atoms with van der Waals surface area (Å²) >= 11 is 1.31. The second kappa shape index (κ2) is 5.38. The molecule has 0 saturated carbocycles. The zero-order valence-corrected chi connectivity index (χ0v) is 11.8. The molecule has 1 aliphatic rings. The van der Waals surface area contributed by atoms with Gasteiger partial charge in [0.1, 0.15) is 4.21 Å². The van der Waals surface area contributed by atoms with Crippen LogP contribution in [0.25, 0.3) is 0 Å². The van der Waals surface area contributed by atoms with Crippen molar-refractivity contribution in [3.8, 4) is 0 Å². The number of nitrogens with one attached hydrogen (secondary N) is 1. The average molecular weight is 283 g/mol. The Morgan fingerprint density at radius 3 is 2.89 bits per heavy atom. The summed E-state index contributed by atoms with van der Waals surface area (Å²) in [5.41, 5.74) is 0.905. The second-order valence-corrected chi connectivity index (χ2v) is 7.68. The van der Waals surface area contributed by atoms with Gasteiger partial charge < -0.3 is 5.32 Å². The van der Waals surface area contributed by atoms with Gasteiger partial charge in [-0.15, -0.1) is 24.5 Å². The van der Waals surface area contributed by atoms with Crippen molar-refractivity contribution in [2.75, 3.05) is 6.54 Å². The van der Waals surface area contributed by atoms with Crippen LogP contribution in [0.5, 0.6) is 0 Å². The van der Waals surface area contributed by atoms with E-state index in [0.717, 1.165) is 5.56 Å². The van der Waals surface area contributed by atoms with Crippen LogP contribution in [-0.4, -0.2) is 20.2 Å². The minimum absolute atomic E-state index is 0.0951. The van der Waals surface area contributed by atoms with Crippen LogP contribution in [0, 0.1) is 0 Å². The molecule has 0 bridgehead atoms. The number of hydrogen-bond acceptors (Lipinski definition) is 4. The predicted octanol–water partition coefficient (Wildman–Crippen LogP) is 2.69. The van der Waals surface area contributed by atoms with Crippen molar-refractivity contribution in [1.29, 1.82) is 0 Å². The number of thiophene rings is 1. The van der Waals surface area contributed by atoms with Gasteiger partial charge in [-0.3, -0.25) is 0 Å². The van der Waals surface area contributed by atoms with Crippen molar-refractivity contribution >= 4 is 21.2 Å². The van der Waals surface area contributed by atoms with Gasteiger partial charge in [0.2, 0.25) is 0 Å². The minimum atomic E-state index is -3.18. The highest BCUT2D eigenvalue weighted by Gasteiger charge is 2.38. The third kappa shape index (κ3) is 2.30. The molecule has 18 heavy (non-hydrogen) atoms. The Labute approximate surface area is 112 Å². The Bertz CT molecular complexity index is 545. The Morgan fingerprint density at radius 2 is 2.22 bits per heavy atom. The van der Waals surface area contributed by atoms with E-state index in [0.29, 0.717) is 23.6 Å². The van der Waals surface area contributed by atoms with Gasteiger partial charge in [0.15, 0.2) is 9.84 Å². The van der Waals surface area contributed by atoms with Crippen LogP contribution in [0.4, 0.5) is 0 Å². The molecule has 1 aromatic heterocycles. The molecule has 0 spiro atoms. The summed E-state index contributed by atoms with van der Waals surface area (Å²) in [7, 11) is -3.18. The number of fused-ring (bicyclic) bond motifs is 1. The summed E-state index contributed by atoms with van der Waals surface area (Å²) in [4.78, 5) is 0. The van der Waals surface area contributed by atoms with E-state index < -0.39 is 9.84 Å². The van der Waals surface area contributed by atoms with E-state index in [9.17, 15) is 8.42 Å². The van der Waals surface area contributed by atoms with E-state index in [2.05, 4.69) is 18.5 Å². The summed E-state index contributed by atoms with van der Waals surface area (Å²) in [6.07, 6.45) is 4.58. The molecule has 5 heteroatoms. The largest absolute Gasteiger partial charge is 0.306 e. The monoisotopic (exact) mass is 283 g/mol. The quantitative estimate of drug-likeness (QED) is 0.845. The predicted molar refractivity (Wildman–Crippen MR) is 75.7 cm³/mol. The van der Waals surface area contributed by atoms with E-state index in [-0.39, 0.29) is 11.3 Å². The van der Waals surface area contributed by atoms with Crippen molar-refractivity contribution in [3.05, 3.63) is 42.3 Å². The van der Waals surface area contributed by atoms with E-state index >= 15 is 0 Å². The highest BCUT2D eigenvalue weighted by molar-refractivity contribution is 7.94. The van der Waals surface area contributed by atoms with Crippen LogP contribution in [-0.2, 0) is 9.84 Å². The van der Waals surface area contributed by atoms with E-state index in [1.165, 1.54) is 11.3 Å². The first kappa shape index (κ1) is 13.5. The van der Waals surface area contributed by atoms with Crippen LogP contribution >= 0.6 is 11.3 Å². The lowest BCUT2D eigenvalue weighted by molar-refractivity contribution is 0.476. The molecule has 2 rings (SSSR count). The van der Waals surface area contributed by atoms with Gasteiger partial charge in [0.25, 0.3) is 0 Å². The SMILES string of the molecule is C=CCN[C@@H]1C[C@@H](CC=C)S(=O)(=O)c2sccc21. The molecule has 0 radical (unpaired) electrons. The van der Waals surface area contributed by atoms with E-state index in [1.54, 1.807) is 12.2 Å².